The Morgan fingerprint density at radius 3 is 1.43 bits per heavy atom. The van der Waals surface area contributed by atoms with Crippen LogP contribution in [0.25, 0.3) is 11.1 Å². The summed E-state index contributed by atoms with van der Waals surface area (Å²) in [6.45, 7) is 6.53. The van der Waals surface area contributed by atoms with Crippen molar-refractivity contribution in [1.82, 2.24) is 0 Å². The van der Waals surface area contributed by atoms with E-state index in [1.165, 1.54) is 25.8 Å². The van der Waals surface area contributed by atoms with Crippen molar-refractivity contribution in [3.63, 3.8) is 0 Å². The number of fused-ring (bicyclic) bond motifs is 3. The van der Waals surface area contributed by atoms with Crippen molar-refractivity contribution >= 4 is 101 Å². The largest absolute Gasteiger partial charge is 0.489 e. The molecule has 0 saturated heterocycles. The van der Waals surface area contributed by atoms with Gasteiger partial charge in [-0.1, -0.05) is 18.2 Å². The molecule has 49 heavy (non-hydrogen) atoms. The Labute approximate surface area is 344 Å². The molecule has 6 nitrogen and oxygen atoms in total. The van der Waals surface area contributed by atoms with Crippen LogP contribution in [0.5, 0.6) is 23.0 Å². The Kier molecular flexibility index (Phi) is 13.5. The molecule has 0 amide bonds. The van der Waals surface area contributed by atoms with Gasteiger partial charge in [0.05, 0.1) is 7.14 Å². The lowest BCUT2D eigenvalue weighted by Crippen LogP contribution is -2.05. The van der Waals surface area contributed by atoms with Crippen LogP contribution in [-0.4, -0.2) is 26.8 Å². The maximum Gasteiger partial charge on any atom is 0.189 e. The summed E-state index contributed by atoms with van der Waals surface area (Å²) in [6.07, 6.45) is 0. The molecule has 0 aromatic heterocycles. The highest BCUT2D eigenvalue weighted by atomic mass is 127. The van der Waals surface area contributed by atoms with Gasteiger partial charge in [0, 0.05) is 41.3 Å². The third-order valence-corrected chi connectivity index (χ3v) is 14.0. The summed E-state index contributed by atoms with van der Waals surface area (Å²) in [5.41, 5.74) is 4.60. The summed E-state index contributed by atoms with van der Waals surface area (Å²) in [7, 11) is -0.706. The van der Waals surface area contributed by atoms with E-state index >= 15 is 0 Å². The molecule has 5 aromatic rings. The molecular weight excluding hydrogens is 1090 g/mol. The molecule has 0 unspecified atom stereocenters. The van der Waals surface area contributed by atoms with Crippen LogP contribution >= 0.6 is 101 Å². The van der Waals surface area contributed by atoms with E-state index in [0.717, 1.165) is 48.4 Å². The predicted molar refractivity (Wildman–Crippen MR) is 229 cm³/mol. The van der Waals surface area contributed by atoms with E-state index < -0.39 is 10.9 Å². The summed E-state index contributed by atoms with van der Waals surface area (Å²) in [5, 5.41) is 0. The second-order valence-electron chi connectivity index (χ2n) is 10.9. The summed E-state index contributed by atoms with van der Waals surface area (Å²) >= 11 is 9.30. The maximum atomic E-state index is 6.43. The normalized spacial score (nSPS) is 12.4. The van der Waals surface area contributed by atoms with E-state index in [1.807, 2.05) is 26.0 Å². The molecule has 5 aromatic carbocycles. The number of hydrogen-bond donors (Lipinski definition) is 1. The Hall–Kier alpha value is -1.51. The second-order valence-corrected chi connectivity index (χ2v) is 17.7. The second kappa shape index (κ2) is 17.8. The maximum absolute atomic E-state index is 6.43. The zero-order valence-electron chi connectivity index (χ0n) is 26.8. The van der Waals surface area contributed by atoms with Crippen molar-refractivity contribution in [1.29, 1.82) is 0 Å². The van der Waals surface area contributed by atoms with Crippen molar-refractivity contribution < 1.29 is 28.4 Å². The van der Waals surface area contributed by atoms with Gasteiger partial charge in [-0.3, -0.25) is 0 Å². The Balaban J connectivity index is 1.24. The summed E-state index contributed by atoms with van der Waals surface area (Å²) in [4.78, 5) is 3.98. The van der Waals surface area contributed by atoms with Crippen LogP contribution < -0.4 is 18.9 Å². The third-order valence-electron chi connectivity index (χ3n) is 7.72. The first kappa shape index (κ1) is 37.3. The first-order chi connectivity index (χ1) is 23.9. The highest BCUT2D eigenvalue weighted by Gasteiger charge is 2.28. The quantitative estimate of drug-likeness (QED) is 0.0479. The van der Waals surface area contributed by atoms with Crippen LogP contribution in [0.2, 0.25) is 0 Å². The van der Waals surface area contributed by atoms with Gasteiger partial charge in [-0.05, 0) is 193 Å². The molecule has 0 bridgehead atoms. The van der Waals surface area contributed by atoms with Gasteiger partial charge in [-0.2, -0.15) is 10.9 Å². The lowest BCUT2D eigenvalue weighted by molar-refractivity contribution is 0.0216. The third kappa shape index (κ3) is 9.11. The molecular formula is C38H34I4O6S. The number of ether oxygens (including phenoxy) is 6. The van der Waals surface area contributed by atoms with Gasteiger partial charge in [0.15, 0.2) is 13.6 Å². The van der Waals surface area contributed by atoms with Crippen LogP contribution in [0.4, 0.5) is 0 Å². The van der Waals surface area contributed by atoms with Gasteiger partial charge in [0.25, 0.3) is 0 Å². The van der Waals surface area contributed by atoms with E-state index in [2.05, 4.69) is 169 Å². The highest BCUT2D eigenvalue weighted by molar-refractivity contribution is 14.1. The fourth-order valence-electron chi connectivity index (χ4n) is 5.30. The van der Waals surface area contributed by atoms with Gasteiger partial charge in [-0.25, -0.2) is 0 Å². The van der Waals surface area contributed by atoms with Crippen LogP contribution in [0.15, 0.2) is 106 Å². The zero-order valence-corrected chi connectivity index (χ0v) is 36.3. The molecule has 0 spiro atoms. The zero-order chi connectivity index (χ0) is 34.3. The molecule has 0 atom stereocenters. The molecule has 256 valence electrons. The first-order valence-corrected chi connectivity index (χ1v) is 21.3. The lowest BCUT2D eigenvalue weighted by Gasteiger charge is -2.19. The molecule has 0 saturated carbocycles. The average molecular weight is 1130 g/mol. The number of benzene rings is 5. The summed E-state index contributed by atoms with van der Waals surface area (Å²) < 4.78 is 39.4. The Bertz CT molecular complexity index is 1800. The monoisotopic (exact) mass is 1130 g/mol. The van der Waals surface area contributed by atoms with E-state index in [-0.39, 0.29) is 13.6 Å². The topological polar surface area (TPSA) is 55.4 Å². The van der Waals surface area contributed by atoms with Crippen LogP contribution in [-0.2, 0) is 22.7 Å². The standard InChI is InChI=1S/C38H34I4O6S/c1-3-43-22-47-35-18-31(39)24(14-33(35)41)20-45-26-10-12-37-29(16-26)30-17-27(11-13-38(30)49(37)28-8-6-5-7-9-28)46-21-25-15-34(42)36(19-32(25)40)48-23-44-4-2/h5-19,49H,3-4,20-23H2,1-2H3. The number of hydrogen-bond acceptors (Lipinski definition) is 6. The molecule has 11 heteroatoms. The number of rotatable bonds is 15. The Morgan fingerprint density at radius 2 is 0.980 bits per heavy atom. The molecule has 1 heterocycles. The van der Waals surface area contributed by atoms with E-state index in [0.29, 0.717) is 26.4 Å². The minimum Gasteiger partial charge on any atom is -0.489 e. The fraction of sp³-hybridized carbons (Fsp3) is 0.211. The summed E-state index contributed by atoms with van der Waals surface area (Å²) in [6, 6.07) is 32.2. The van der Waals surface area contributed by atoms with E-state index in [1.54, 1.807) is 0 Å². The van der Waals surface area contributed by atoms with Gasteiger partial charge in [0.1, 0.15) is 36.2 Å². The van der Waals surface area contributed by atoms with Gasteiger partial charge in [-0.15, -0.1) is 0 Å². The van der Waals surface area contributed by atoms with E-state index in [9.17, 15) is 0 Å². The highest BCUT2D eigenvalue weighted by Crippen LogP contribution is 2.63. The molecule has 0 fully saturated rings. The van der Waals surface area contributed by atoms with E-state index in [4.69, 9.17) is 28.4 Å². The number of halogens is 4. The molecule has 0 N–H and O–H groups in total. The molecule has 0 radical (unpaired) electrons. The van der Waals surface area contributed by atoms with Crippen LogP contribution in [0, 0.1) is 14.3 Å². The van der Waals surface area contributed by atoms with Crippen molar-refractivity contribution in [3.8, 4) is 34.1 Å². The molecule has 6 rings (SSSR count). The molecule has 1 aliphatic rings. The van der Waals surface area contributed by atoms with Crippen molar-refractivity contribution in [2.24, 2.45) is 0 Å². The van der Waals surface area contributed by atoms with Gasteiger partial charge < -0.3 is 28.4 Å². The number of thiol groups is 1. The van der Waals surface area contributed by atoms with Crippen LogP contribution in [0.3, 0.4) is 0 Å². The SMILES string of the molecule is CCOCOc1cc(I)c(COc2ccc3c(c2)-c2cc(OCc4cc(I)c(OCOCC)cc4I)ccc2[SH]3c2ccccc2)cc1I. The average Bonchev–Trinajstić information content (AvgIpc) is 3.43. The van der Waals surface area contributed by atoms with Crippen LogP contribution in [0.1, 0.15) is 25.0 Å². The Morgan fingerprint density at radius 1 is 0.510 bits per heavy atom. The van der Waals surface area contributed by atoms with Gasteiger partial charge >= 0.3 is 0 Å². The predicted octanol–water partition coefficient (Wildman–Crippen LogP) is 11.5. The first-order valence-electron chi connectivity index (χ1n) is 15.6. The molecule has 1 aliphatic heterocycles. The van der Waals surface area contributed by atoms with Crippen molar-refractivity contribution in [2.75, 3.05) is 26.8 Å². The molecule has 0 aliphatic carbocycles. The minimum absolute atomic E-state index is 0.240. The minimum atomic E-state index is -0.706. The van der Waals surface area contributed by atoms with Crippen molar-refractivity contribution in [2.45, 2.75) is 41.7 Å². The van der Waals surface area contributed by atoms with Crippen molar-refractivity contribution in [3.05, 3.63) is 116 Å². The van der Waals surface area contributed by atoms with Gasteiger partial charge in [0.2, 0.25) is 0 Å². The lowest BCUT2D eigenvalue weighted by atomic mass is 10.1. The fourth-order valence-corrected chi connectivity index (χ4v) is 10.4. The smallest absolute Gasteiger partial charge is 0.189 e. The summed E-state index contributed by atoms with van der Waals surface area (Å²) in [5.74, 6) is 3.30.